The molecule has 0 radical (unpaired) electrons. The molecule has 1 unspecified atom stereocenters. The summed E-state index contributed by atoms with van der Waals surface area (Å²) in [6, 6.07) is 8.49. The molecule has 1 aromatic carbocycles. The van der Waals surface area contributed by atoms with E-state index in [2.05, 4.69) is 67.6 Å². The molecule has 0 saturated carbocycles. The molecule has 0 aliphatic rings. The second kappa shape index (κ2) is 8.03. The van der Waals surface area contributed by atoms with Crippen LogP contribution in [0.2, 0.25) is 0 Å². The number of nitrogens with zero attached hydrogens (tertiary/aromatic N) is 1. The van der Waals surface area contributed by atoms with Gasteiger partial charge in [-0.25, -0.2) is 0 Å². The molecular formula is C17H29N3O. The lowest BCUT2D eigenvalue weighted by molar-refractivity contribution is 0.0205. The Hall–Kier alpha value is -1.55. The zero-order valence-electron chi connectivity index (χ0n) is 14.2. The summed E-state index contributed by atoms with van der Waals surface area (Å²) in [5.41, 5.74) is 2.61. The third-order valence-electron chi connectivity index (χ3n) is 3.51. The molecule has 0 aromatic heterocycles. The number of nitrogens with one attached hydrogen (secondary N) is 2. The summed E-state index contributed by atoms with van der Waals surface area (Å²) in [6.45, 7) is 10.1. The number of guanidine groups is 1. The molecule has 1 aromatic rings. The van der Waals surface area contributed by atoms with Crippen LogP contribution < -0.4 is 10.6 Å². The molecule has 0 heterocycles. The van der Waals surface area contributed by atoms with Crippen molar-refractivity contribution in [3.05, 3.63) is 35.4 Å². The molecule has 0 aliphatic carbocycles. The quantitative estimate of drug-likeness (QED) is 0.648. The van der Waals surface area contributed by atoms with E-state index in [4.69, 9.17) is 4.74 Å². The van der Waals surface area contributed by atoms with Gasteiger partial charge in [-0.2, -0.15) is 0 Å². The second-order valence-corrected chi connectivity index (χ2v) is 6.38. The zero-order chi connectivity index (χ0) is 15.9. The van der Waals surface area contributed by atoms with Crippen LogP contribution in [0.1, 0.15) is 31.9 Å². The highest BCUT2D eigenvalue weighted by atomic mass is 16.5. The minimum Gasteiger partial charge on any atom is -0.379 e. The van der Waals surface area contributed by atoms with Crippen LogP contribution in [-0.2, 0) is 11.3 Å². The van der Waals surface area contributed by atoms with Gasteiger partial charge < -0.3 is 15.4 Å². The lowest BCUT2D eigenvalue weighted by Crippen LogP contribution is -2.45. The SMILES string of the molecule is CN=C(NCc1ccc(C)cc1)NCC(OC)C(C)(C)C. The Balaban J connectivity index is 2.47. The summed E-state index contributed by atoms with van der Waals surface area (Å²) in [5, 5.41) is 6.64. The molecule has 4 heteroatoms. The molecule has 0 fully saturated rings. The Labute approximate surface area is 129 Å². The molecule has 2 N–H and O–H groups in total. The van der Waals surface area contributed by atoms with Crippen molar-refractivity contribution in [1.82, 2.24) is 10.6 Å². The van der Waals surface area contributed by atoms with E-state index in [1.54, 1.807) is 14.2 Å². The maximum Gasteiger partial charge on any atom is 0.191 e. The van der Waals surface area contributed by atoms with Gasteiger partial charge in [-0.15, -0.1) is 0 Å². The first kappa shape index (κ1) is 17.5. The van der Waals surface area contributed by atoms with Crippen molar-refractivity contribution in [3.63, 3.8) is 0 Å². The molecule has 0 saturated heterocycles. The fraction of sp³-hybridized carbons (Fsp3) is 0.588. The van der Waals surface area contributed by atoms with E-state index in [-0.39, 0.29) is 11.5 Å². The highest BCUT2D eigenvalue weighted by Gasteiger charge is 2.24. The first-order valence-electron chi connectivity index (χ1n) is 7.39. The minimum atomic E-state index is 0.0948. The van der Waals surface area contributed by atoms with Gasteiger partial charge in [-0.3, -0.25) is 4.99 Å². The second-order valence-electron chi connectivity index (χ2n) is 6.38. The first-order chi connectivity index (χ1) is 9.86. The van der Waals surface area contributed by atoms with Gasteiger partial charge in [-0.1, -0.05) is 50.6 Å². The number of ether oxygens (including phenoxy) is 1. The van der Waals surface area contributed by atoms with Crippen molar-refractivity contribution in [1.29, 1.82) is 0 Å². The van der Waals surface area contributed by atoms with Crippen molar-refractivity contribution in [3.8, 4) is 0 Å². The fourth-order valence-electron chi connectivity index (χ4n) is 2.04. The number of aryl methyl sites for hydroxylation is 1. The van der Waals surface area contributed by atoms with Crippen LogP contribution >= 0.6 is 0 Å². The molecule has 1 rings (SSSR count). The maximum absolute atomic E-state index is 5.54. The van der Waals surface area contributed by atoms with Crippen molar-refractivity contribution in [2.75, 3.05) is 20.7 Å². The third-order valence-corrected chi connectivity index (χ3v) is 3.51. The Kier molecular flexibility index (Phi) is 6.69. The Bertz CT molecular complexity index is 446. The third kappa shape index (κ3) is 6.17. The molecule has 0 aliphatic heterocycles. The van der Waals surface area contributed by atoms with Crippen LogP contribution in [0.15, 0.2) is 29.3 Å². The first-order valence-corrected chi connectivity index (χ1v) is 7.39. The highest BCUT2D eigenvalue weighted by molar-refractivity contribution is 5.79. The van der Waals surface area contributed by atoms with Gasteiger partial charge in [-0.05, 0) is 17.9 Å². The van der Waals surface area contributed by atoms with E-state index < -0.39 is 0 Å². The van der Waals surface area contributed by atoms with Crippen LogP contribution in [0, 0.1) is 12.3 Å². The predicted molar refractivity (Wildman–Crippen MR) is 89.6 cm³/mol. The van der Waals surface area contributed by atoms with E-state index in [0.29, 0.717) is 0 Å². The lowest BCUT2D eigenvalue weighted by Gasteiger charge is -2.30. The molecule has 0 bridgehead atoms. The summed E-state index contributed by atoms with van der Waals surface area (Å²) in [7, 11) is 3.53. The minimum absolute atomic E-state index is 0.0948. The topological polar surface area (TPSA) is 45.7 Å². The van der Waals surface area contributed by atoms with Crippen LogP contribution in [0.5, 0.6) is 0 Å². The van der Waals surface area contributed by atoms with E-state index in [1.165, 1.54) is 11.1 Å². The molecule has 4 nitrogen and oxygen atoms in total. The standard InChI is InChI=1S/C17H29N3O/c1-13-7-9-14(10-8-13)11-19-16(18-5)20-12-15(21-6)17(2,3)4/h7-10,15H,11-12H2,1-6H3,(H2,18,19,20). The van der Waals surface area contributed by atoms with Gasteiger partial charge in [0, 0.05) is 27.2 Å². The van der Waals surface area contributed by atoms with Gasteiger partial charge >= 0.3 is 0 Å². The van der Waals surface area contributed by atoms with Gasteiger partial charge in [0.15, 0.2) is 5.96 Å². The van der Waals surface area contributed by atoms with Gasteiger partial charge in [0.1, 0.15) is 0 Å². The molecule has 0 amide bonds. The molecule has 21 heavy (non-hydrogen) atoms. The molecule has 118 valence electrons. The van der Waals surface area contributed by atoms with Crippen LogP contribution in [0.3, 0.4) is 0 Å². The highest BCUT2D eigenvalue weighted by Crippen LogP contribution is 2.20. The van der Waals surface area contributed by atoms with Gasteiger partial charge in [0.2, 0.25) is 0 Å². The Morgan fingerprint density at radius 1 is 1.19 bits per heavy atom. The number of methoxy groups -OCH3 is 1. The summed E-state index contributed by atoms with van der Waals surface area (Å²) in [4.78, 5) is 4.25. The average Bonchev–Trinajstić information content (AvgIpc) is 2.43. The molecule has 0 spiro atoms. The number of benzene rings is 1. The fourth-order valence-corrected chi connectivity index (χ4v) is 2.04. The summed E-state index contributed by atoms with van der Waals surface area (Å²) in [6.07, 6.45) is 0.135. The smallest absolute Gasteiger partial charge is 0.191 e. The summed E-state index contributed by atoms with van der Waals surface area (Å²) in [5.74, 6) is 0.793. The van der Waals surface area contributed by atoms with Crippen molar-refractivity contribution in [2.24, 2.45) is 10.4 Å². The average molecular weight is 291 g/mol. The van der Waals surface area contributed by atoms with E-state index in [9.17, 15) is 0 Å². The summed E-state index contributed by atoms with van der Waals surface area (Å²) >= 11 is 0. The van der Waals surface area contributed by atoms with Crippen LogP contribution in [0.25, 0.3) is 0 Å². The van der Waals surface area contributed by atoms with Gasteiger partial charge in [0.25, 0.3) is 0 Å². The maximum atomic E-state index is 5.54. The normalized spacial score (nSPS) is 13.9. The largest absolute Gasteiger partial charge is 0.379 e. The predicted octanol–water partition coefficient (Wildman–Crippen LogP) is 2.72. The Morgan fingerprint density at radius 2 is 1.81 bits per heavy atom. The Morgan fingerprint density at radius 3 is 2.29 bits per heavy atom. The van der Waals surface area contributed by atoms with E-state index >= 15 is 0 Å². The van der Waals surface area contributed by atoms with Crippen molar-refractivity contribution < 1.29 is 4.74 Å². The van der Waals surface area contributed by atoms with E-state index in [1.807, 2.05) is 0 Å². The number of hydrogen-bond donors (Lipinski definition) is 2. The zero-order valence-corrected chi connectivity index (χ0v) is 14.2. The molecule has 1 atom stereocenters. The number of rotatable bonds is 5. The lowest BCUT2D eigenvalue weighted by atomic mass is 9.89. The van der Waals surface area contributed by atoms with Gasteiger partial charge in [0.05, 0.1) is 6.10 Å². The van der Waals surface area contributed by atoms with Crippen LogP contribution in [-0.4, -0.2) is 32.8 Å². The molecular weight excluding hydrogens is 262 g/mol. The van der Waals surface area contributed by atoms with Crippen molar-refractivity contribution in [2.45, 2.75) is 40.3 Å². The number of hydrogen-bond acceptors (Lipinski definition) is 2. The summed E-state index contributed by atoms with van der Waals surface area (Å²) < 4.78 is 5.54. The van der Waals surface area contributed by atoms with Crippen LogP contribution in [0.4, 0.5) is 0 Å². The van der Waals surface area contributed by atoms with E-state index in [0.717, 1.165) is 19.0 Å². The monoisotopic (exact) mass is 291 g/mol. The number of aliphatic imine (C=N–C) groups is 1. The van der Waals surface area contributed by atoms with Crippen molar-refractivity contribution >= 4 is 5.96 Å².